The van der Waals surface area contributed by atoms with Gasteiger partial charge in [-0.1, -0.05) is 29.8 Å². The molecule has 20 heavy (non-hydrogen) atoms. The zero-order valence-corrected chi connectivity index (χ0v) is 12.9. The fourth-order valence-corrected chi connectivity index (χ4v) is 3.34. The van der Waals surface area contributed by atoms with E-state index in [9.17, 15) is 0 Å². The number of fused-ring (bicyclic) bond motifs is 1. The molecule has 2 heterocycles. The molecule has 0 atom stereocenters. The van der Waals surface area contributed by atoms with Crippen LogP contribution in [0.2, 0.25) is 0 Å². The number of imidazole rings is 1. The molecule has 104 valence electrons. The fraction of sp³-hybridized carbons (Fsp3) is 0.312. The van der Waals surface area contributed by atoms with Crippen molar-refractivity contribution in [1.82, 2.24) is 14.7 Å². The molecule has 0 aliphatic carbocycles. The maximum atomic E-state index is 4.61. The third-order valence-corrected chi connectivity index (χ3v) is 4.52. The van der Waals surface area contributed by atoms with Gasteiger partial charge in [-0.05, 0) is 26.3 Å². The monoisotopic (exact) mass is 285 g/mol. The van der Waals surface area contributed by atoms with Gasteiger partial charge in [-0.15, -0.1) is 11.3 Å². The van der Waals surface area contributed by atoms with E-state index in [1.165, 1.54) is 22.5 Å². The molecule has 0 aliphatic rings. The van der Waals surface area contributed by atoms with Crippen molar-refractivity contribution in [3.63, 3.8) is 0 Å². The van der Waals surface area contributed by atoms with Gasteiger partial charge in [-0.25, -0.2) is 4.98 Å². The standard InChI is InChI=1S/C16H19N3S/c1-11-4-6-14(7-5-11)8-17-9-15-13(3)18-16-19(15)12(2)10-20-16/h4-7,10,17H,8-9H2,1-3H3. The van der Waals surface area contributed by atoms with Crippen molar-refractivity contribution in [1.29, 1.82) is 0 Å². The number of hydrogen-bond donors (Lipinski definition) is 1. The highest BCUT2D eigenvalue weighted by molar-refractivity contribution is 7.15. The van der Waals surface area contributed by atoms with Crippen LogP contribution in [0.1, 0.15) is 28.2 Å². The Balaban J connectivity index is 1.72. The first-order chi connectivity index (χ1) is 9.65. The average molecular weight is 285 g/mol. The molecule has 2 aromatic heterocycles. The van der Waals surface area contributed by atoms with E-state index < -0.39 is 0 Å². The smallest absolute Gasteiger partial charge is 0.194 e. The van der Waals surface area contributed by atoms with E-state index >= 15 is 0 Å². The van der Waals surface area contributed by atoms with Gasteiger partial charge >= 0.3 is 0 Å². The second-order valence-corrected chi connectivity index (χ2v) is 6.06. The predicted octanol–water partition coefficient (Wildman–Crippen LogP) is 3.61. The minimum absolute atomic E-state index is 0.846. The van der Waals surface area contributed by atoms with Crippen LogP contribution in [0.15, 0.2) is 29.6 Å². The van der Waals surface area contributed by atoms with Crippen LogP contribution >= 0.6 is 11.3 Å². The highest BCUT2D eigenvalue weighted by Gasteiger charge is 2.11. The maximum Gasteiger partial charge on any atom is 0.194 e. The molecule has 0 amide bonds. The summed E-state index contributed by atoms with van der Waals surface area (Å²) in [6, 6.07) is 8.67. The maximum absolute atomic E-state index is 4.61. The molecular formula is C16H19N3S. The largest absolute Gasteiger partial charge is 0.307 e. The van der Waals surface area contributed by atoms with Crippen LogP contribution in [0.5, 0.6) is 0 Å². The Labute approximate surface area is 123 Å². The SMILES string of the molecule is Cc1ccc(CNCc2c(C)nc3scc(C)n23)cc1. The van der Waals surface area contributed by atoms with E-state index in [1.807, 2.05) is 0 Å². The van der Waals surface area contributed by atoms with Gasteiger partial charge in [0.1, 0.15) is 0 Å². The molecule has 3 aromatic rings. The summed E-state index contributed by atoms with van der Waals surface area (Å²) in [6.45, 7) is 8.06. The molecule has 1 N–H and O–H groups in total. The summed E-state index contributed by atoms with van der Waals surface area (Å²) in [5.41, 5.74) is 6.27. The lowest BCUT2D eigenvalue weighted by molar-refractivity contribution is 0.670. The summed E-state index contributed by atoms with van der Waals surface area (Å²) >= 11 is 1.70. The number of nitrogens with zero attached hydrogens (tertiary/aromatic N) is 2. The zero-order valence-electron chi connectivity index (χ0n) is 12.1. The van der Waals surface area contributed by atoms with Crippen molar-refractivity contribution < 1.29 is 0 Å². The molecule has 0 unspecified atom stereocenters. The lowest BCUT2D eigenvalue weighted by atomic mass is 10.1. The summed E-state index contributed by atoms with van der Waals surface area (Å²) < 4.78 is 2.25. The summed E-state index contributed by atoms with van der Waals surface area (Å²) in [5, 5.41) is 5.68. The Hall–Kier alpha value is -1.65. The number of nitrogens with one attached hydrogen (secondary N) is 1. The van der Waals surface area contributed by atoms with Gasteiger partial charge < -0.3 is 5.32 Å². The molecule has 1 aromatic carbocycles. The summed E-state index contributed by atoms with van der Waals surface area (Å²) in [6.07, 6.45) is 0. The molecule has 4 heteroatoms. The first kappa shape index (κ1) is 13.3. The minimum Gasteiger partial charge on any atom is -0.307 e. The van der Waals surface area contributed by atoms with Crippen molar-refractivity contribution in [2.45, 2.75) is 33.9 Å². The molecule has 3 rings (SSSR count). The van der Waals surface area contributed by atoms with Crippen molar-refractivity contribution >= 4 is 16.3 Å². The van der Waals surface area contributed by atoms with Crippen LogP contribution < -0.4 is 5.32 Å². The van der Waals surface area contributed by atoms with E-state index in [0.717, 1.165) is 23.7 Å². The van der Waals surface area contributed by atoms with Gasteiger partial charge in [-0.2, -0.15) is 0 Å². The van der Waals surface area contributed by atoms with E-state index in [4.69, 9.17) is 0 Å². The third-order valence-electron chi connectivity index (χ3n) is 3.57. The van der Waals surface area contributed by atoms with Crippen LogP contribution in [0, 0.1) is 20.8 Å². The van der Waals surface area contributed by atoms with E-state index in [1.54, 1.807) is 11.3 Å². The van der Waals surface area contributed by atoms with Crippen LogP contribution in [-0.4, -0.2) is 9.38 Å². The molecule has 0 fully saturated rings. The number of benzene rings is 1. The van der Waals surface area contributed by atoms with Gasteiger partial charge in [-0.3, -0.25) is 4.40 Å². The molecule has 0 bridgehead atoms. The topological polar surface area (TPSA) is 29.3 Å². The molecule has 0 aliphatic heterocycles. The van der Waals surface area contributed by atoms with Gasteiger partial charge in [0.2, 0.25) is 0 Å². The first-order valence-corrected chi connectivity index (χ1v) is 7.71. The Kier molecular flexibility index (Phi) is 3.59. The second-order valence-electron chi connectivity index (χ2n) is 5.23. The number of hydrogen-bond acceptors (Lipinski definition) is 3. The average Bonchev–Trinajstić information content (AvgIpc) is 2.93. The summed E-state index contributed by atoms with van der Waals surface area (Å²) in [7, 11) is 0. The highest BCUT2D eigenvalue weighted by Crippen LogP contribution is 2.20. The van der Waals surface area contributed by atoms with Gasteiger partial charge in [0.05, 0.1) is 11.4 Å². The van der Waals surface area contributed by atoms with Gasteiger partial charge in [0, 0.05) is 24.2 Å². The lowest BCUT2D eigenvalue weighted by Gasteiger charge is -2.06. The Bertz CT molecular complexity index is 722. The summed E-state index contributed by atoms with van der Waals surface area (Å²) in [4.78, 5) is 5.70. The van der Waals surface area contributed by atoms with Crippen molar-refractivity contribution in [3.05, 3.63) is 57.9 Å². The van der Waals surface area contributed by atoms with E-state index in [2.05, 4.69) is 65.1 Å². The second kappa shape index (κ2) is 5.38. The first-order valence-electron chi connectivity index (χ1n) is 6.83. The predicted molar refractivity (Wildman–Crippen MR) is 84.3 cm³/mol. The molecular weight excluding hydrogens is 266 g/mol. The number of rotatable bonds is 4. The van der Waals surface area contributed by atoms with Crippen LogP contribution in [-0.2, 0) is 13.1 Å². The van der Waals surface area contributed by atoms with E-state index in [-0.39, 0.29) is 0 Å². The van der Waals surface area contributed by atoms with Gasteiger partial charge in [0.25, 0.3) is 0 Å². The molecule has 0 spiro atoms. The third kappa shape index (κ3) is 2.49. The molecule has 0 saturated carbocycles. The number of thiazole rings is 1. The Morgan fingerprint density at radius 1 is 1.10 bits per heavy atom. The van der Waals surface area contributed by atoms with Gasteiger partial charge in [0.15, 0.2) is 4.96 Å². The van der Waals surface area contributed by atoms with Crippen molar-refractivity contribution in [2.24, 2.45) is 0 Å². The number of aryl methyl sites for hydroxylation is 3. The fourth-order valence-electron chi connectivity index (χ4n) is 2.41. The molecule has 0 radical (unpaired) electrons. The minimum atomic E-state index is 0.846. The normalized spacial score (nSPS) is 11.3. The van der Waals surface area contributed by atoms with Crippen LogP contribution in [0.25, 0.3) is 4.96 Å². The van der Waals surface area contributed by atoms with Crippen molar-refractivity contribution in [3.8, 4) is 0 Å². The molecule has 3 nitrogen and oxygen atoms in total. The quantitative estimate of drug-likeness (QED) is 0.793. The lowest BCUT2D eigenvalue weighted by Crippen LogP contribution is -2.15. The van der Waals surface area contributed by atoms with Crippen LogP contribution in [0.3, 0.4) is 0 Å². The van der Waals surface area contributed by atoms with Crippen LogP contribution in [0.4, 0.5) is 0 Å². The summed E-state index contributed by atoms with van der Waals surface area (Å²) in [5.74, 6) is 0. The molecule has 0 saturated heterocycles. The Morgan fingerprint density at radius 2 is 1.85 bits per heavy atom. The highest BCUT2D eigenvalue weighted by atomic mass is 32.1. The number of aromatic nitrogens is 2. The Morgan fingerprint density at radius 3 is 2.60 bits per heavy atom. The van der Waals surface area contributed by atoms with Crippen molar-refractivity contribution in [2.75, 3.05) is 0 Å². The zero-order chi connectivity index (χ0) is 14.1. The van der Waals surface area contributed by atoms with E-state index in [0.29, 0.717) is 0 Å².